The lowest BCUT2D eigenvalue weighted by Gasteiger charge is -2.30. The number of halogens is 1. The van der Waals surface area contributed by atoms with Gasteiger partial charge < -0.3 is 10.5 Å². The van der Waals surface area contributed by atoms with E-state index < -0.39 is 0 Å². The molecule has 1 saturated heterocycles. The molecular weight excluding hydrogens is 274 g/mol. The van der Waals surface area contributed by atoms with Crippen molar-refractivity contribution in [3.63, 3.8) is 0 Å². The van der Waals surface area contributed by atoms with Crippen LogP contribution in [0.3, 0.4) is 0 Å². The highest BCUT2D eigenvalue weighted by atomic mass is 35.5. The molecule has 1 aromatic carbocycles. The predicted octanol–water partition coefficient (Wildman–Crippen LogP) is 1.49. The molecule has 1 aromatic rings. The topological polar surface area (TPSA) is 41.7 Å². The maximum absolute atomic E-state index is 6.11. The molecule has 3 rings (SSSR count). The molecule has 0 amide bonds. The van der Waals surface area contributed by atoms with E-state index in [-0.39, 0.29) is 0 Å². The van der Waals surface area contributed by atoms with E-state index in [1.54, 1.807) is 0 Å². The number of fused-ring (bicyclic) bond motifs is 1. The van der Waals surface area contributed by atoms with Crippen LogP contribution in [0.5, 0.6) is 0 Å². The molecule has 2 N–H and O–H groups in total. The number of ether oxygens (including phenoxy) is 1. The van der Waals surface area contributed by atoms with Crippen LogP contribution in [0.2, 0.25) is 5.02 Å². The van der Waals surface area contributed by atoms with Crippen molar-refractivity contribution in [3.05, 3.63) is 34.3 Å². The van der Waals surface area contributed by atoms with Crippen molar-refractivity contribution in [3.8, 4) is 0 Å². The van der Waals surface area contributed by atoms with Gasteiger partial charge in [0.15, 0.2) is 0 Å². The normalized spacial score (nSPS) is 24.0. The van der Waals surface area contributed by atoms with Gasteiger partial charge in [0.05, 0.1) is 13.2 Å². The van der Waals surface area contributed by atoms with Crippen molar-refractivity contribution in [2.45, 2.75) is 12.6 Å². The van der Waals surface area contributed by atoms with Crippen LogP contribution in [0, 0.1) is 0 Å². The molecule has 0 aliphatic carbocycles. The summed E-state index contributed by atoms with van der Waals surface area (Å²) in [5.74, 6) is 0. The van der Waals surface area contributed by atoms with Crippen molar-refractivity contribution < 1.29 is 4.74 Å². The first-order valence-corrected chi connectivity index (χ1v) is 7.68. The van der Waals surface area contributed by atoms with Gasteiger partial charge in [0.25, 0.3) is 0 Å². The molecule has 0 aromatic heterocycles. The van der Waals surface area contributed by atoms with Gasteiger partial charge in [-0.05, 0) is 23.3 Å². The molecule has 2 aliphatic heterocycles. The molecular formula is C15H22ClN3O. The molecule has 2 heterocycles. The molecule has 0 radical (unpaired) electrons. The summed E-state index contributed by atoms with van der Waals surface area (Å²) in [6.45, 7) is 7.57. The van der Waals surface area contributed by atoms with E-state index in [1.807, 2.05) is 6.07 Å². The van der Waals surface area contributed by atoms with E-state index in [0.29, 0.717) is 12.6 Å². The summed E-state index contributed by atoms with van der Waals surface area (Å²) in [7, 11) is 0. The van der Waals surface area contributed by atoms with Gasteiger partial charge in [-0.25, -0.2) is 0 Å². The molecule has 1 fully saturated rings. The van der Waals surface area contributed by atoms with Gasteiger partial charge in [-0.15, -0.1) is 0 Å². The molecule has 5 heteroatoms. The third-order valence-corrected chi connectivity index (χ3v) is 4.55. The molecule has 20 heavy (non-hydrogen) atoms. The Morgan fingerprint density at radius 1 is 1.25 bits per heavy atom. The lowest BCUT2D eigenvalue weighted by molar-refractivity contribution is 0.0314. The van der Waals surface area contributed by atoms with E-state index in [2.05, 4.69) is 21.9 Å². The maximum atomic E-state index is 6.11. The van der Waals surface area contributed by atoms with Crippen molar-refractivity contribution in [1.29, 1.82) is 0 Å². The summed E-state index contributed by atoms with van der Waals surface area (Å²) >= 11 is 6.11. The summed E-state index contributed by atoms with van der Waals surface area (Å²) < 4.78 is 5.39. The number of rotatable bonds is 4. The van der Waals surface area contributed by atoms with E-state index in [4.69, 9.17) is 22.1 Å². The van der Waals surface area contributed by atoms with Crippen LogP contribution in [0.4, 0.5) is 0 Å². The molecule has 0 saturated carbocycles. The Balaban J connectivity index is 1.63. The van der Waals surface area contributed by atoms with Gasteiger partial charge in [0.1, 0.15) is 0 Å². The van der Waals surface area contributed by atoms with Crippen molar-refractivity contribution in [1.82, 2.24) is 9.80 Å². The summed E-state index contributed by atoms with van der Waals surface area (Å²) in [5, 5.41) is 0.803. The zero-order chi connectivity index (χ0) is 13.9. The van der Waals surface area contributed by atoms with Crippen LogP contribution in [0.25, 0.3) is 0 Å². The van der Waals surface area contributed by atoms with Crippen molar-refractivity contribution in [2.75, 3.05) is 45.9 Å². The third kappa shape index (κ3) is 3.00. The van der Waals surface area contributed by atoms with E-state index in [9.17, 15) is 0 Å². The molecule has 110 valence electrons. The average molecular weight is 296 g/mol. The minimum atomic E-state index is 0.310. The highest BCUT2D eigenvalue weighted by Gasteiger charge is 2.29. The zero-order valence-corrected chi connectivity index (χ0v) is 12.5. The van der Waals surface area contributed by atoms with Crippen LogP contribution in [-0.4, -0.2) is 55.7 Å². The minimum Gasteiger partial charge on any atom is -0.379 e. The van der Waals surface area contributed by atoms with Gasteiger partial charge in [0.2, 0.25) is 0 Å². The van der Waals surface area contributed by atoms with E-state index in [1.165, 1.54) is 11.1 Å². The maximum Gasteiger partial charge on any atom is 0.0594 e. The Labute approximate surface area is 125 Å². The first-order chi connectivity index (χ1) is 9.78. The number of morpholine rings is 1. The Morgan fingerprint density at radius 2 is 2.05 bits per heavy atom. The Hall–Kier alpha value is -0.650. The number of hydrogen-bond acceptors (Lipinski definition) is 4. The van der Waals surface area contributed by atoms with Crippen molar-refractivity contribution in [2.24, 2.45) is 5.73 Å². The molecule has 4 nitrogen and oxygen atoms in total. The molecule has 0 bridgehead atoms. The number of nitrogens with zero attached hydrogens (tertiary/aromatic N) is 2. The van der Waals surface area contributed by atoms with E-state index in [0.717, 1.165) is 51.0 Å². The Morgan fingerprint density at radius 3 is 2.80 bits per heavy atom. The van der Waals surface area contributed by atoms with Crippen LogP contribution in [0.1, 0.15) is 17.2 Å². The van der Waals surface area contributed by atoms with Crippen LogP contribution in [0.15, 0.2) is 18.2 Å². The van der Waals surface area contributed by atoms with Crippen LogP contribution in [-0.2, 0) is 11.3 Å². The largest absolute Gasteiger partial charge is 0.379 e. The number of benzene rings is 1. The monoisotopic (exact) mass is 295 g/mol. The van der Waals surface area contributed by atoms with Gasteiger partial charge in [-0.2, -0.15) is 0 Å². The van der Waals surface area contributed by atoms with Crippen LogP contribution < -0.4 is 5.73 Å². The van der Waals surface area contributed by atoms with E-state index >= 15 is 0 Å². The number of hydrogen-bond donors (Lipinski definition) is 1. The summed E-state index contributed by atoms with van der Waals surface area (Å²) in [4.78, 5) is 4.93. The molecule has 1 unspecified atom stereocenters. The quantitative estimate of drug-likeness (QED) is 0.914. The van der Waals surface area contributed by atoms with Gasteiger partial charge in [-0.3, -0.25) is 9.80 Å². The van der Waals surface area contributed by atoms with Gasteiger partial charge >= 0.3 is 0 Å². The lowest BCUT2D eigenvalue weighted by atomic mass is 10.1. The van der Waals surface area contributed by atoms with Crippen molar-refractivity contribution >= 4 is 11.6 Å². The standard InChI is InChI=1S/C15H22ClN3O/c16-13-2-1-12-11-19(15(10-17)14(12)9-13)4-3-18-5-7-20-8-6-18/h1-2,9,15H,3-8,10-11,17H2. The SMILES string of the molecule is NCC1c2cc(Cl)ccc2CN1CCN1CCOCC1. The zero-order valence-electron chi connectivity index (χ0n) is 11.7. The lowest BCUT2D eigenvalue weighted by Crippen LogP contribution is -2.41. The number of nitrogens with two attached hydrogens (primary N) is 1. The first kappa shape index (κ1) is 14.3. The summed E-state index contributed by atoms with van der Waals surface area (Å²) in [5.41, 5.74) is 8.65. The van der Waals surface area contributed by atoms with Gasteiger partial charge in [0, 0.05) is 50.3 Å². The second kappa shape index (κ2) is 6.41. The molecule has 2 aliphatic rings. The first-order valence-electron chi connectivity index (χ1n) is 7.30. The second-order valence-corrected chi connectivity index (χ2v) is 5.96. The second-order valence-electron chi connectivity index (χ2n) is 5.52. The summed E-state index contributed by atoms with van der Waals surface area (Å²) in [6.07, 6.45) is 0. The van der Waals surface area contributed by atoms with Crippen LogP contribution >= 0.6 is 11.6 Å². The highest BCUT2D eigenvalue weighted by molar-refractivity contribution is 6.30. The fourth-order valence-corrected chi connectivity index (χ4v) is 3.33. The fourth-order valence-electron chi connectivity index (χ4n) is 3.15. The Bertz CT molecular complexity index is 462. The highest BCUT2D eigenvalue weighted by Crippen LogP contribution is 2.34. The Kier molecular flexibility index (Phi) is 4.58. The third-order valence-electron chi connectivity index (χ3n) is 4.31. The summed E-state index contributed by atoms with van der Waals surface area (Å²) in [6, 6.07) is 6.49. The molecule has 0 spiro atoms. The average Bonchev–Trinajstić information content (AvgIpc) is 2.83. The smallest absolute Gasteiger partial charge is 0.0594 e. The predicted molar refractivity (Wildman–Crippen MR) is 80.9 cm³/mol. The molecule has 1 atom stereocenters. The van der Waals surface area contributed by atoms with Gasteiger partial charge in [-0.1, -0.05) is 17.7 Å². The minimum absolute atomic E-state index is 0.310. The fraction of sp³-hybridized carbons (Fsp3) is 0.600.